The Kier molecular flexibility index (Phi) is 4.34. The van der Waals surface area contributed by atoms with Crippen molar-refractivity contribution in [2.24, 2.45) is 5.16 Å². The molecule has 0 aliphatic heterocycles. The van der Waals surface area contributed by atoms with Gasteiger partial charge in [0, 0.05) is 16.2 Å². The standard InChI is InChI=1S/C17H13BrN2O2/c18-15-7-5-13(6-8-15)11-19-22-17(21)12-20-10-9-14-3-1-2-4-16(14)20/h1-11H,12H2. The molecule has 0 radical (unpaired) electrons. The van der Waals surface area contributed by atoms with Crippen LogP contribution in [0.1, 0.15) is 5.56 Å². The predicted octanol–water partition coefficient (Wildman–Crippen LogP) is 3.98. The van der Waals surface area contributed by atoms with Crippen molar-refractivity contribution in [1.82, 2.24) is 4.57 Å². The highest BCUT2D eigenvalue weighted by Gasteiger charge is 2.06. The SMILES string of the molecule is O=C(Cn1ccc2ccccc21)ON=Cc1ccc(Br)cc1. The number of carbonyl (C=O) groups excluding carboxylic acids is 1. The highest BCUT2D eigenvalue weighted by molar-refractivity contribution is 9.10. The minimum Gasteiger partial charge on any atom is -0.336 e. The molecule has 0 aliphatic carbocycles. The summed E-state index contributed by atoms with van der Waals surface area (Å²) < 4.78 is 2.83. The van der Waals surface area contributed by atoms with Crippen LogP contribution >= 0.6 is 15.9 Å². The lowest BCUT2D eigenvalue weighted by Gasteiger charge is -2.02. The van der Waals surface area contributed by atoms with Gasteiger partial charge in [-0.15, -0.1) is 0 Å². The molecule has 0 atom stereocenters. The Bertz CT molecular complexity index is 822. The molecule has 1 heterocycles. The minimum atomic E-state index is -0.408. The van der Waals surface area contributed by atoms with Gasteiger partial charge in [-0.25, -0.2) is 4.79 Å². The average molecular weight is 357 g/mol. The van der Waals surface area contributed by atoms with E-state index in [0.29, 0.717) is 0 Å². The third-order valence-corrected chi connectivity index (χ3v) is 3.73. The molecule has 4 nitrogen and oxygen atoms in total. The molecule has 0 fully saturated rings. The van der Waals surface area contributed by atoms with E-state index in [1.54, 1.807) is 0 Å². The van der Waals surface area contributed by atoms with Crippen LogP contribution in [0, 0.1) is 0 Å². The molecule has 110 valence electrons. The average Bonchev–Trinajstić information content (AvgIpc) is 2.93. The largest absolute Gasteiger partial charge is 0.354 e. The van der Waals surface area contributed by atoms with Crippen LogP contribution in [0.25, 0.3) is 10.9 Å². The molecule has 0 spiro atoms. The van der Waals surface area contributed by atoms with Crippen LogP contribution in [-0.2, 0) is 16.2 Å². The highest BCUT2D eigenvalue weighted by Crippen LogP contribution is 2.15. The number of nitrogens with zero attached hydrogens (tertiary/aromatic N) is 2. The monoisotopic (exact) mass is 356 g/mol. The number of oxime groups is 1. The fourth-order valence-corrected chi connectivity index (χ4v) is 2.41. The van der Waals surface area contributed by atoms with Crippen molar-refractivity contribution in [3.63, 3.8) is 0 Å². The summed E-state index contributed by atoms with van der Waals surface area (Å²) >= 11 is 3.36. The van der Waals surface area contributed by atoms with Crippen molar-refractivity contribution in [3.8, 4) is 0 Å². The zero-order chi connectivity index (χ0) is 15.4. The number of hydrogen-bond donors (Lipinski definition) is 0. The molecule has 3 aromatic rings. The van der Waals surface area contributed by atoms with E-state index in [1.807, 2.05) is 65.4 Å². The maximum Gasteiger partial charge on any atom is 0.354 e. The first-order valence-electron chi connectivity index (χ1n) is 6.75. The fraction of sp³-hybridized carbons (Fsp3) is 0.0588. The van der Waals surface area contributed by atoms with E-state index in [4.69, 9.17) is 4.84 Å². The van der Waals surface area contributed by atoms with E-state index < -0.39 is 5.97 Å². The van der Waals surface area contributed by atoms with Crippen molar-refractivity contribution in [3.05, 3.63) is 70.8 Å². The summed E-state index contributed by atoms with van der Waals surface area (Å²) in [6, 6.07) is 17.4. The van der Waals surface area contributed by atoms with Gasteiger partial charge in [0.2, 0.25) is 0 Å². The molecule has 0 aliphatic rings. The van der Waals surface area contributed by atoms with Crippen molar-refractivity contribution in [1.29, 1.82) is 0 Å². The second kappa shape index (κ2) is 6.58. The molecule has 1 aromatic heterocycles. The number of rotatable bonds is 4. The van der Waals surface area contributed by atoms with Gasteiger partial charge in [-0.3, -0.25) is 0 Å². The summed E-state index contributed by atoms with van der Waals surface area (Å²) in [6.07, 6.45) is 3.38. The smallest absolute Gasteiger partial charge is 0.336 e. The Morgan fingerprint density at radius 3 is 2.73 bits per heavy atom. The topological polar surface area (TPSA) is 43.6 Å². The molecule has 3 rings (SSSR count). The van der Waals surface area contributed by atoms with Gasteiger partial charge in [0.25, 0.3) is 0 Å². The molecular weight excluding hydrogens is 344 g/mol. The van der Waals surface area contributed by atoms with Gasteiger partial charge in [0.05, 0.1) is 6.21 Å². The number of carbonyl (C=O) groups is 1. The van der Waals surface area contributed by atoms with Gasteiger partial charge in [0.15, 0.2) is 0 Å². The Labute approximate surface area is 136 Å². The van der Waals surface area contributed by atoms with Gasteiger partial charge in [-0.05, 0) is 35.2 Å². The molecule has 5 heteroatoms. The number of para-hydroxylation sites is 1. The van der Waals surface area contributed by atoms with Gasteiger partial charge < -0.3 is 9.40 Å². The van der Waals surface area contributed by atoms with Crippen LogP contribution in [-0.4, -0.2) is 16.8 Å². The molecule has 2 aromatic carbocycles. The van der Waals surface area contributed by atoms with E-state index in [1.165, 1.54) is 6.21 Å². The van der Waals surface area contributed by atoms with Gasteiger partial charge in [0.1, 0.15) is 6.54 Å². The summed E-state index contributed by atoms with van der Waals surface area (Å²) in [5.74, 6) is -0.408. The fourth-order valence-electron chi connectivity index (χ4n) is 2.14. The summed E-state index contributed by atoms with van der Waals surface area (Å²) in [5.41, 5.74) is 1.86. The maximum absolute atomic E-state index is 11.8. The molecule has 22 heavy (non-hydrogen) atoms. The van der Waals surface area contributed by atoms with Gasteiger partial charge in [-0.2, -0.15) is 0 Å². The minimum absolute atomic E-state index is 0.130. The summed E-state index contributed by atoms with van der Waals surface area (Å²) in [6.45, 7) is 0.130. The normalized spacial score (nSPS) is 11.1. The van der Waals surface area contributed by atoms with Crippen LogP contribution < -0.4 is 0 Å². The van der Waals surface area contributed by atoms with Crippen molar-refractivity contribution in [2.45, 2.75) is 6.54 Å². The van der Waals surface area contributed by atoms with E-state index in [0.717, 1.165) is 20.9 Å². The zero-order valence-electron chi connectivity index (χ0n) is 11.6. The molecular formula is C17H13BrN2O2. The predicted molar refractivity (Wildman–Crippen MR) is 89.8 cm³/mol. The van der Waals surface area contributed by atoms with E-state index in [2.05, 4.69) is 21.1 Å². The second-order valence-corrected chi connectivity index (χ2v) is 5.67. The number of aromatic nitrogens is 1. The van der Waals surface area contributed by atoms with Crippen LogP contribution in [0.4, 0.5) is 0 Å². The summed E-state index contributed by atoms with van der Waals surface area (Å²) in [4.78, 5) is 16.7. The Morgan fingerprint density at radius 2 is 1.91 bits per heavy atom. The summed E-state index contributed by atoms with van der Waals surface area (Å²) in [7, 11) is 0. The quantitative estimate of drug-likeness (QED) is 0.403. The number of benzene rings is 2. The number of fused-ring (bicyclic) bond motifs is 1. The Morgan fingerprint density at radius 1 is 1.14 bits per heavy atom. The molecule has 0 N–H and O–H groups in total. The van der Waals surface area contributed by atoms with Crippen LogP contribution in [0.2, 0.25) is 0 Å². The highest BCUT2D eigenvalue weighted by atomic mass is 79.9. The lowest BCUT2D eigenvalue weighted by molar-refractivity contribution is -0.144. The van der Waals surface area contributed by atoms with Crippen LogP contribution in [0.3, 0.4) is 0 Å². The van der Waals surface area contributed by atoms with Gasteiger partial charge in [-0.1, -0.05) is 51.4 Å². The van der Waals surface area contributed by atoms with Crippen molar-refractivity contribution in [2.75, 3.05) is 0 Å². The first kappa shape index (κ1) is 14.5. The first-order chi connectivity index (χ1) is 10.7. The lowest BCUT2D eigenvalue weighted by atomic mass is 10.2. The first-order valence-corrected chi connectivity index (χ1v) is 7.54. The molecule has 0 saturated heterocycles. The maximum atomic E-state index is 11.8. The second-order valence-electron chi connectivity index (χ2n) is 4.75. The van der Waals surface area contributed by atoms with E-state index in [9.17, 15) is 4.79 Å². The lowest BCUT2D eigenvalue weighted by Crippen LogP contribution is -2.10. The molecule has 0 saturated carbocycles. The van der Waals surface area contributed by atoms with E-state index in [-0.39, 0.29) is 6.54 Å². The molecule has 0 amide bonds. The van der Waals surface area contributed by atoms with Gasteiger partial charge >= 0.3 is 5.97 Å². The van der Waals surface area contributed by atoms with Crippen LogP contribution in [0.5, 0.6) is 0 Å². The Balaban J connectivity index is 1.62. The molecule has 0 bridgehead atoms. The van der Waals surface area contributed by atoms with Crippen molar-refractivity contribution >= 4 is 39.0 Å². The van der Waals surface area contributed by atoms with Crippen LogP contribution in [0.15, 0.2) is 70.4 Å². The number of halogens is 1. The zero-order valence-corrected chi connectivity index (χ0v) is 13.2. The Hall–Kier alpha value is -2.40. The molecule has 0 unspecified atom stereocenters. The van der Waals surface area contributed by atoms with Crippen molar-refractivity contribution < 1.29 is 9.63 Å². The third kappa shape index (κ3) is 3.43. The number of hydrogen-bond acceptors (Lipinski definition) is 3. The van der Waals surface area contributed by atoms with E-state index >= 15 is 0 Å². The summed E-state index contributed by atoms with van der Waals surface area (Å²) in [5, 5.41) is 4.82. The third-order valence-electron chi connectivity index (χ3n) is 3.21.